The fourth-order valence-electron chi connectivity index (χ4n) is 4.21. The van der Waals surface area contributed by atoms with Crippen molar-refractivity contribution in [3.05, 3.63) is 112 Å². The lowest BCUT2D eigenvalue weighted by atomic mass is 9.97. The maximum atomic E-state index is 15.1. The fourth-order valence-corrected chi connectivity index (χ4v) is 4.21. The van der Waals surface area contributed by atoms with Gasteiger partial charge in [-0.05, 0) is 77.4 Å². The minimum atomic E-state index is -5.21. The maximum absolute atomic E-state index is 15.1. The van der Waals surface area contributed by atoms with Crippen molar-refractivity contribution in [1.29, 1.82) is 0 Å². The van der Waals surface area contributed by atoms with E-state index < -0.39 is 29.6 Å². The van der Waals surface area contributed by atoms with Crippen LogP contribution in [0.3, 0.4) is 0 Å². The molecule has 0 aromatic heterocycles. The van der Waals surface area contributed by atoms with Crippen molar-refractivity contribution in [3.63, 3.8) is 0 Å². The summed E-state index contributed by atoms with van der Waals surface area (Å²) in [5, 5.41) is 1.19. The third-order valence-corrected chi connectivity index (χ3v) is 6.19. The standard InChI is InChI=1S/C29H24F6O/c1-2-18-3-5-19(6-4-18)7-8-20-10-14-24-23(15-20)13-12-22(27(24)32)11-9-21-16-25(30)28(26(31)17-21)36-29(33,34)35/h3-6,10,12-17H,2,7-9,11H2,1H3. The van der Waals surface area contributed by atoms with Crippen LogP contribution in [-0.2, 0) is 32.1 Å². The molecule has 0 N–H and O–H groups in total. The summed E-state index contributed by atoms with van der Waals surface area (Å²) in [4.78, 5) is 0. The van der Waals surface area contributed by atoms with Crippen LogP contribution in [0.4, 0.5) is 26.3 Å². The highest BCUT2D eigenvalue weighted by atomic mass is 19.4. The fraction of sp³-hybridized carbons (Fsp3) is 0.241. The monoisotopic (exact) mass is 502 g/mol. The van der Waals surface area contributed by atoms with Crippen molar-refractivity contribution < 1.29 is 31.1 Å². The molecule has 0 unspecified atom stereocenters. The van der Waals surface area contributed by atoms with E-state index in [-0.39, 0.29) is 18.4 Å². The number of hydrogen-bond donors (Lipinski definition) is 0. The Labute approximate surface area is 205 Å². The summed E-state index contributed by atoms with van der Waals surface area (Å²) in [6, 6.07) is 19.0. The highest BCUT2D eigenvalue weighted by molar-refractivity contribution is 5.84. The summed E-state index contributed by atoms with van der Waals surface area (Å²) >= 11 is 0. The third-order valence-electron chi connectivity index (χ3n) is 6.19. The van der Waals surface area contributed by atoms with E-state index in [9.17, 15) is 22.0 Å². The first-order chi connectivity index (χ1) is 17.1. The van der Waals surface area contributed by atoms with Crippen LogP contribution in [0.2, 0.25) is 0 Å². The Hall–Kier alpha value is -3.48. The normalized spacial score (nSPS) is 11.8. The van der Waals surface area contributed by atoms with Crippen LogP contribution >= 0.6 is 0 Å². The molecule has 0 bridgehead atoms. The Balaban J connectivity index is 1.44. The molecule has 0 heterocycles. The van der Waals surface area contributed by atoms with E-state index in [0.29, 0.717) is 10.9 Å². The van der Waals surface area contributed by atoms with E-state index in [4.69, 9.17) is 0 Å². The Morgan fingerprint density at radius 2 is 1.22 bits per heavy atom. The van der Waals surface area contributed by atoms with Crippen LogP contribution in [0, 0.1) is 17.5 Å². The molecule has 0 aliphatic carbocycles. The molecule has 0 fully saturated rings. The quantitative estimate of drug-likeness (QED) is 0.220. The van der Waals surface area contributed by atoms with Crippen LogP contribution < -0.4 is 4.74 Å². The molecule has 36 heavy (non-hydrogen) atoms. The summed E-state index contributed by atoms with van der Waals surface area (Å²) in [6.07, 6.45) is -2.37. The Morgan fingerprint density at radius 1 is 0.639 bits per heavy atom. The van der Waals surface area contributed by atoms with Gasteiger partial charge in [0.15, 0.2) is 11.6 Å². The van der Waals surface area contributed by atoms with E-state index in [1.807, 2.05) is 12.1 Å². The molecule has 0 aliphatic rings. The predicted octanol–water partition coefficient (Wildman–Crippen LogP) is 8.29. The third kappa shape index (κ3) is 6.20. The number of fused-ring (bicyclic) bond motifs is 1. The van der Waals surface area contributed by atoms with Gasteiger partial charge >= 0.3 is 6.36 Å². The minimum absolute atomic E-state index is 0.0392. The second-order valence-electron chi connectivity index (χ2n) is 8.70. The second-order valence-corrected chi connectivity index (χ2v) is 8.70. The van der Waals surface area contributed by atoms with Gasteiger partial charge in [0.25, 0.3) is 0 Å². The van der Waals surface area contributed by atoms with Crippen molar-refractivity contribution >= 4 is 10.8 Å². The number of ether oxygens (including phenoxy) is 1. The van der Waals surface area contributed by atoms with Crippen molar-refractivity contribution in [3.8, 4) is 5.75 Å². The number of benzene rings is 4. The van der Waals surface area contributed by atoms with Gasteiger partial charge in [-0.15, -0.1) is 13.2 Å². The largest absolute Gasteiger partial charge is 0.573 e. The van der Waals surface area contributed by atoms with Crippen LogP contribution in [-0.4, -0.2) is 6.36 Å². The maximum Gasteiger partial charge on any atom is 0.573 e. The zero-order valence-electron chi connectivity index (χ0n) is 19.6. The van der Waals surface area contributed by atoms with E-state index >= 15 is 4.39 Å². The zero-order valence-corrected chi connectivity index (χ0v) is 19.6. The first-order valence-electron chi connectivity index (χ1n) is 11.6. The van der Waals surface area contributed by atoms with Gasteiger partial charge in [-0.1, -0.05) is 61.5 Å². The average Bonchev–Trinajstić information content (AvgIpc) is 2.84. The van der Waals surface area contributed by atoms with E-state index in [1.54, 1.807) is 18.2 Å². The molecule has 4 aromatic rings. The molecule has 4 rings (SSSR count). The Morgan fingerprint density at radius 3 is 1.86 bits per heavy atom. The highest BCUT2D eigenvalue weighted by Crippen LogP contribution is 2.30. The van der Waals surface area contributed by atoms with E-state index in [2.05, 4.69) is 35.9 Å². The van der Waals surface area contributed by atoms with Crippen molar-refractivity contribution in [2.45, 2.75) is 45.4 Å². The molecule has 0 saturated heterocycles. The van der Waals surface area contributed by atoms with Gasteiger partial charge in [0.1, 0.15) is 5.82 Å². The molecular formula is C29H24F6O. The highest BCUT2D eigenvalue weighted by Gasteiger charge is 2.34. The van der Waals surface area contributed by atoms with Gasteiger partial charge in [0.05, 0.1) is 0 Å². The summed E-state index contributed by atoms with van der Waals surface area (Å²) in [5.74, 6) is -4.85. The molecule has 1 nitrogen and oxygen atoms in total. The smallest absolute Gasteiger partial charge is 0.399 e. The molecule has 0 radical (unpaired) electrons. The SMILES string of the molecule is CCc1ccc(CCc2ccc3c(F)c(CCc4cc(F)c(OC(F)(F)F)c(F)c4)ccc3c2)cc1. The van der Waals surface area contributed by atoms with Gasteiger partial charge < -0.3 is 4.74 Å². The average molecular weight is 502 g/mol. The number of hydrogen-bond acceptors (Lipinski definition) is 1. The lowest BCUT2D eigenvalue weighted by Crippen LogP contribution is -2.19. The Bertz CT molecular complexity index is 1340. The summed E-state index contributed by atoms with van der Waals surface area (Å²) in [6.45, 7) is 2.11. The van der Waals surface area contributed by atoms with Gasteiger partial charge in [-0.2, -0.15) is 0 Å². The van der Waals surface area contributed by atoms with Crippen LogP contribution in [0.5, 0.6) is 5.75 Å². The van der Waals surface area contributed by atoms with Crippen molar-refractivity contribution in [2.24, 2.45) is 0 Å². The summed E-state index contributed by atoms with van der Waals surface area (Å²) in [7, 11) is 0. The van der Waals surface area contributed by atoms with Gasteiger partial charge in [-0.3, -0.25) is 0 Å². The van der Waals surface area contributed by atoms with E-state index in [1.165, 1.54) is 11.1 Å². The van der Waals surface area contributed by atoms with Crippen molar-refractivity contribution in [1.82, 2.24) is 0 Å². The first kappa shape index (κ1) is 25.6. The minimum Gasteiger partial charge on any atom is -0.399 e. The summed E-state index contributed by atoms with van der Waals surface area (Å²) in [5.41, 5.74) is 4.06. The van der Waals surface area contributed by atoms with Crippen LogP contribution in [0.1, 0.15) is 34.7 Å². The molecule has 0 spiro atoms. The second kappa shape index (κ2) is 10.6. The van der Waals surface area contributed by atoms with Crippen LogP contribution in [0.15, 0.2) is 66.7 Å². The number of alkyl halides is 3. The van der Waals surface area contributed by atoms with Gasteiger partial charge in [-0.25, -0.2) is 13.2 Å². The number of halogens is 6. The lowest BCUT2D eigenvalue weighted by molar-refractivity contribution is -0.276. The summed E-state index contributed by atoms with van der Waals surface area (Å²) < 4.78 is 83.4. The lowest BCUT2D eigenvalue weighted by Gasteiger charge is -2.12. The number of aryl methyl sites for hydroxylation is 5. The zero-order chi connectivity index (χ0) is 25.9. The van der Waals surface area contributed by atoms with Gasteiger partial charge in [0, 0.05) is 5.39 Å². The van der Waals surface area contributed by atoms with E-state index in [0.717, 1.165) is 42.3 Å². The number of rotatable bonds is 8. The van der Waals surface area contributed by atoms with Crippen LogP contribution in [0.25, 0.3) is 10.8 Å². The molecular weight excluding hydrogens is 478 g/mol. The molecule has 0 atom stereocenters. The predicted molar refractivity (Wildman–Crippen MR) is 128 cm³/mol. The van der Waals surface area contributed by atoms with Gasteiger partial charge in [0.2, 0.25) is 5.75 Å². The molecule has 0 aliphatic heterocycles. The molecule has 0 amide bonds. The topological polar surface area (TPSA) is 9.23 Å². The molecule has 7 heteroatoms. The first-order valence-corrected chi connectivity index (χ1v) is 11.6. The Kier molecular flexibility index (Phi) is 7.57. The van der Waals surface area contributed by atoms with Crippen molar-refractivity contribution in [2.75, 3.05) is 0 Å². The molecule has 4 aromatic carbocycles. The molecule has 0 saturated carbocycles. The molecule has 188 valence electrons.